The minimum atomic E-state index is 0.607. The summed E-state index contributed by atoms with van der Waals surface area (Å²) in [6.07, 6.45) is 1.09. The molecule has 1 N–H and O–H groups in total. The minimum Gasteiger partial charge on any atom is -0.455 e. The second kappa shape index (κ2) is 7.53. The fourth-order valence-corrected chi connectivity index (χ4v) is 2.19. The van der Waals surface area contributed by atoms with E-state index in [1.165, 1.54) is 0 Å². The van der Waals surface area contributed by atoms with Crippen molar-refractivity contribution >= 4 is 23.2 Å². The number of nitrogens with one attached hydrogen (secondary N) is 1. The van der Waals surface area contributed by atoms with Crippen LogP contribution in [0.3, 0.4) is 0 Å². The zero-order valence-electron chi connectivity index (χ0n) is 11.3. The lowest BCUT2D eigenvalue weighted by molar-refractivity contribution is 0.473. The van der Waals surface area contributed by atoms with Gasteiger partial charge in [0.25, 0.3) is 0 Å². The highest BCUT2D eigenvalue weighted by Gasteiger charge is 2.09. The Kier molecular flexibility index (Phi) is 5.72. The number of para-hydroxylation sites is 1. The van der Waals surface area contributed by atoms with Gasteiger partial charge in [-0.1, -0.05) is 42.3 Å². The summed E-state index contributed by atoms with van der Waals surface area (Å²) >= 11 is 12.1. The maximum Gasteiger partial charge on any atom is 0.150 e. The lowest BCUT2D eigenvalue weighted by atomic mass is 10.2. The van der Waals surface area contributed by atoms with Crippen molar-refractivity contribution in [1.82, 2.24) is 5.32 Å². The Hall–Kier alpha value is -1.22. The van der Waals surface area contributed by atoms with E-state index in [0.29, 0.717) is 15.8 Å². The van der Waals surface area contributed by atoms with E-state index in [1.54, 1.807) is 12.1 Å². The maximum atomic E-state index is 6.24. The lowest BCUT2D eigenvalue weighted by Crippen LogP contribution is -2.14. The number of ether oxygens (including phenoxy) is 1. The Morgan fingerprint density at radius 1 is 1.05 bits per heavy atom. The summed E-state index contributed by atoms with van der Waals surface area (Å²) in [5.74, 6) is 1.42. The Morgan fingerprint density at radius 2 is 1.80 bits per heavy atom. The highest BCUT2D eigenvalue weighted by Crippen LogP contribution is 2.33. The molecule has 2 aromatic rings. The molecule has 0 aromatic heterocycles. The van der Waals surface area contributed by atoms with Gasteiger partial charge in [0.05, 0.1) is 5.02 Å². The summed E-state index contributed by atoms with van der Waals surface area (Å²) in [5.41, 5.74) is 1.04. The van der Waals surface area contributed by atoms with E-state index in [4.69, 9.17) is 27.9 Å². The van der Waals surface area contributed by atoms with E-state index in [0.717, 1.165) is 30.8 Å². The first kappa shape index (κ1) is 15.2. The fourth-order valence-electron chi connectivity index (χ4n) is 1.83. The van der Waals surface area contributed by atoms with E-state index < -0.39 is 0 Å². The van der Waals surface area contributed by atoms with Crippen molar-refractivity contribution in [2.75, 3.05) is 6.54 Å². The monoisotopic (exact) mass is 309 g/mol. The van der Waals surface area contributed by atoms with Crippen molar-refractivity contribution in [2.45, 2.75) is 19.9 Å². The van der Waals surface area contributed by atoms with Gasteiger partial charge in [-0.15, -0.1) is 0 Å². The first-order valence-corrected chi connectivity index (χ1v) is 7.38. The Bertz CT molecular complexity index is 555. The van der Waals surface area contributed by atoms with E-state index in [2.05, 4.69) is 12.2 Å². The minimum absolute atomic E-state index is 0.607. The van der Waals surface area contributed by atoms with E-state index in [1.807, 2.05) is 30.3 Å². The van der Waals surface area contributed by atoms with Gasteiger partial charge in [-0.2, -0.15) is 0 Å². The number of benzene rings is 2. The van der Waals surface area contributed by atoms with Crippen LogP contribution in [0.25, 0.3) is 0 Å². The summed E-state index contributed by atoms with van der Waals surface area (Å²) in [4.78, 5) is 0. The molecule has 0 saturated heterocycles. The van der Waals surface area contributed by atoms with Crippen molar-refractivity contribution in [3.8, 4) is 11.5 Å². The molecule has 106 valence electrons. The SMILES string of the molecule is CCCNCc1cccc(Cl)c1Oc1ccc(Cl)cc1. The van der Waals surface area contributed by atoms with Gasteiger partial charge in [0.1, 0.15) is 11.5 Å². The highest BCUT2D eigenvalue weighted by atomic mass is 35.5. The van der Waals surface area contributed by atoms with E-state index in [-0.39, 0.29) is 0 Å². The first-order valence-electron chi connectivity index (χ1n) is 6.62. The van der Waals surface area contributed by atoms with Crippen LogP contribution in [0.1, 0.15) is 18.9 Å². The number of hydrogen-bond acceptors (Lipinski definition) is 2. The van der Waals surface area contributed by atoms with Crippen molar-refractivity contribution in [2.24, 2.45) is 0 Å². The predicted molar refractivity (Wildman–Crippen MR) is 85.0 cm³/mol. The molecule has 0 atom stereocenters. The Balaban J connectivity index is 2.18. The predicted octanol–water partition coefficient (Wildman–Crippen LogP) is 5.29. The molecular weight excluding hydrogens is 293 g/mol. The summed E-state index contributed by atoms with van der Waals surface area (Å²) < 4.78 is 5.90. The van der Waals surface area contributed by atoms with Gasteiger partial charge < -0.3 is 10.1 Å². The summed E-state index contributed by atoms with van der Waals surface area (Å²) in [7, 11) is 0. The van der Waals surface area contributed by atoms with Crippen molar-refractivity contribution in [3.05, 3.63) is 58.1 Å². The molecule has 0 spiro atoms. The van der Waals surface area contributed by atoms with Gasteiger partial charge in [0.2, 0.25) is 0 Å². The maximum absolute atomic E-state index is 6.24. The fraction of sp³-hybridized carbons (Fsp3) is 0.250. The molecule has 0 aliphatic rings. The third kappa shape index (κ3) is 4.14. The number of halogens is 2. The van der Waals surface area contributed by atoms with Gasteiger partial charge >= 0.3 is 0 Å². The average molecular weight is 310 g/mol. The smallest absolute Gasteiger partial charge is 0.150 e. The van der Waals surface area contributed by atoms with Crippen LogP contribution in [0.4, 0.5) is 0 Å². The lowest BCUT2D eigenvalue weighted by Gasteiger charge is -2.13. The molecule has 0 saturated carbocycles. The molecule has 4 heteroatoms. The zero-order valence-corrected chi connectivity index (χ0v) is 12.8. The molecule has 0 unspecified atom stereocenters. The van der Waals surface area contributed by atoms with Crippen LogP contribution in [0, 0.1) is 0 Å². The van der Waals surface area contributed by atoms with Gasteiger partial charge in [0, 0.05) is 17.1 Å². The van der Waals surface area contributed by atoms with Crippen molar-refractivity contribution in [1.29, 1.82) is 0 Å². The molecule has 0 aliphatic carbocycles. The van der Waals surface area contributed by atoms with E-state index >= 15 is 0 Å². The topological polar surface area (TPSA) is 21.3 Å². The first-order chi connectivity index (χ1) is 9.70. The third-order valence-electron chi connectivity index (χ3n) is 2.82. The van der Waals surface area contributed by atoms with Crippen molar-refractivity contribution < 1.29 is 4.74 Å². The van der Waals surface area contributed by atoms with Crippen LogP contribution in [0.5, 0.6) is 11.5 Å². The van der Waals surface area contributed by atoms with Crippen LogP contribution < -0.4 is 10.1 Å². The van der Waals surface area contributed by atoms with Crippen LogP contribution in [-0.2, 0) is 6.54 Å². The summed E-state index contributed by atoms with van der Waals surface area (Å²) in [6.45, 7) is 3.83. The molecule has 0 radical (unpaired) electrons. The molecule has 2 nitrogen and oxygen atoms in total. The Labute approximate surface area is 129 Å². The molecule has 0 amide bonds. The van der Waals surface area contributed by atoms with Crippen LogP contribution in [-0.4, -0.2) is 6.54 Å². The molecular formula is C16H17Cl2NO. The van der Waals surface area contributed by atoms with Gasteiger partial charge in [0.15, 0.2) is 0 Å². The summed E-state index contributed by atoms with van der Waals surface area (Å²) in [6, 6.07) is 13.0. The molecule has 0 aliphatic heterocycles. The molecule has 0 heterocycles. The standard InChI is InChI=1S/C16H17Cl2NO/c1-2-10-19-11-12-4-3-5-15(18)16(12)20-14-8-6-13(17)7-9-14/h3-9,19H,2,10-11H2,1H3. The van der Waals surface area contributed by atoms with Crippen molar-refractivity contribution in [3.63, 3.8) is 0 Å². The van der Waals surface area contributed by atoms with Gasteiger partial charge in [-0.25, -0.2) is 0 Å². The number of hydrogen-bond donors (Lipinski definition) is 1. The van der Waals surface area contributed by atoms with E-state index in [9.17, 15) is 0 Å². The molecule has 0 bridgehead atoms. The second-order valence-electron chi connectivity index (χ2n) is 4.46. The summed E-state index contributed by atoms with van der Waals surface area (Å²) in [5, 5.41) is 4.64. The highest BCUT2D eigenvalue weighted by molar-refractivity contribution is 6.32. The second-order valence-corrected chi connectivity index (χ2v) is 5.30. The zero-order chi connectivity index (χ0) is 14.4. The van der Waals surface area contributed by atoms with Crippen LogP contribution >= 0.6 is 23.2 Å². The normalized spacial score (nSPS) is 10.6. The molecule has 0 fully saturated rings. The average Bonchev–Trinajstić information content (AvgIpc) is 2.45. The Morgan fingerprint density at radius 3 is 2.50 bits per heavy atom. The largest absolute Gasteiger partial charge is 0.455 e. The quantitative estimate of drug-likeness (QED) is 0.732. The molecule has 2 aromatic carbocycles. The van der Waals surface area contributed by atoms with Gasteiger partial charge in [-0.3, -0.25) is 0 Å². The van der Waals surface area contributed by atoms with Gasteiger partial charge in [-0.05, 0) is 43.3 Å². The molecule has 2 rings (SSSR count). The van der Waals surface area contributed by atoms with Crippen LogP contribution in [0.15, 0.2) is 42.5 Å². The van der Waals surface area contributed by atoms with Crippen LogP contribution in [0.2, 0.25) is 10.0 Å². The molecule has 20 heavy (non-hydrogen) atoms. The number of rotatable bonds is 6. The third-order valence-corrected chi connectivity index (χ3v) is 3.37.